The Labute approximate surface area is 246 Å². The van der Waals surface area contributed by atoms with Gasteiger partial charge in [0.25, 0.3) is 0 Å². The zero-order valence-corrected chi connectivity index (χ0v) is 24.9. The Balaban J connectivity index is 1.59. The van der Waals surface area contributed by atoms with Gasteiger partial charge in [-0.3, -0.25) is 4.79 Å². The van der Waals surface area contributed by atoms with Gasteiger partial charge in [-0.1, -0.05) is 68.5 Å². The number of rotatable bonds is 9. The minimum absolute atomic E-state index is 0.0677. The third-order valence-corrected chi connectivity index (χ3v) is 8.70. The molecule has 0 amide bonds. The molecule has 8 nitrogen and oxygen atoms in total. The topological polar surface area (TPSA) is 120 Å². The number of hydrogen-bond acceptors (Lipinski definition) is 8. The summed E-state index contributed by atoms with van der Waals surface area (Å²) in [6.07, 6.45) is 0.0640. The highest BCUT2D eigenvalue weighted by atomic mass is 32.2. The highest BCUT2D eigenvalue weighted by Crippen LogP contribution is 2.60. The smallest absolute Gasteiger partial charge is 0.350 e. The normalized spacial score (nSPS) is 18.7. The van der Waals surface area contributed by atoms with Crippen molar-refractivity contribution in [2.75, 3.05) is 0 Å². The second kappa shape index (κ2) is 11.8. The van der Waals surface area contributed by atoms with Gasteiger partial charge in [-0.15, -0.1) is 0 Å². The van der Waals surface area contributed by atoms with E-state index in [9.17, 15) is 23.3 Å². The van der Waals surface area contributed by atoms with Crippen LogP contribution in [0.25, 0.3) is 0 Å². The number of carbonyl (C=O) groups is 2. The minimum Gasteiger partial charge on any atom is -0.457 e. The number of nitriles is 1. The fraction of sp³-hybridized carbons (Fsp3) is 0.303. The molecule has 3 aromatic rings. The summed E-state index contributed by atoms with van der Waals surface area (Å²) in [6.45, 7) is 8.47. The first-order valence-electron chi connectivity index (χ1n) is 13.4. The van der Waals surface area contributed by atoms with E-state index in [1.54, 1.807) is 89.2 Å². The van der Waals surface area contributed by atoms with Crippen molar-refractivity contribution in [3.8, 4) is 17.6 Å². The van der Waals surface area contributed by atoms with E-state index in [1.165, 1.54) is 18.2 Å². The largest absolute Gasteiger partial charge is 0.457 e. The van der Waals surface area contributed by atoms with Crippen LogP contribution in [-0.2, 0) is 28.9 Å². The monoisotopic (exact) mass is 587 g/mol. The van der Waals surface area contributed by atoms with Gasteiger partial charge in [-0.2, -0.15) is 5.26 Å². The Bertz CT molecular complexity index is 1630. The van der Waals surface area contributed by atoms with Crippen LogP contribution in [0.4, 0.5) is 0 Å². The van der Waals surface area contributed by atoms with Gasteiger partial charge in [-0.25, -0.2) is 13.2 Å². The third-order valence-electron chi connectivity index (χ3n) is 6.93. The van der Waals surface area contributed by atoms with E-state index < -0.39 is 55.6 Å². The predicted octanol–water partition coefficient (Wildman–Crippen LogP) is 6.56. The van der Waals surface area contributed by atoms with E-state index in [2.05, 4.69) is 0 Å². The molecule has 1 aliphatic carbocycles. The number of ether oxygens (including phenoxy) is 3. The number of allylic oxidation sites excluding steroid dienone is 1. The molecule has 0 spiro atoms. The van der Waals surface area contributed by atoms with Crippen molar-refractivity contribution < 1.29 is 32.2 Å². The second-order valence-electron chi connectivity index (χ2n) is 11.6. The molecule has 218 valence electrons. The van der Waals surface area contributed by atoms with Crippen LogP contribution >= 0.6 is 0 Å². The Kier molecular flexibility index (Phi) is 8.60. The fourth-order valence-corrected chi connectivity index (χ4v) is 6.00. The van der Waals surface area contributed by atoms with Crippen molar-refractivity contribution >= 4 is 21.8 Å². The molecule has 0 aromatic heterocycles. The SMILES string of the molecule is CC(C)(C)OC(=O)/C(=C\[C@H]1[C@@H](C(=O)O[C@H](C#N)c2cccc(Oc3ccccc3)c2)C1(C)C)S(=O)(=O)c1ccccc1. The maximum atomic E-state index is 13.5. The van der Waals surface area contributed by atoms with Gasteiger partial charge in [0, 0.05) is 5.56 Å². The molecule has 0 aliphatic heterocycles. The minimum atomic E-state index is -4.26. The molecule has 9 heteroatoms. The van der Waals surface area contributed by atoms with Crippen LogP contribution in [0.5, 0.6) is 11.5 Å². The lowest BCUT2D eigenvalue weighted by Crippen LogP contribution is -2.27. The van der Waals surface area contributed by atoms with Crippen LogP contribution in [0.2, 0.25) is 0 Å². The first kappa shape index (κ1) is 30.5. The summed E-state index contributed by atoms with van der Waals surface area (Å²) in [5.41, 5.74) is -1.26. The summed E-state index contributed by atoms with van der Waals surface area (Å²) in [7, 11) is -4.26. The van der Waals surface area contributed by atoms with Gasteiger partial charge in [0.15, 0.2) is 4.91 Å². The fourth-order valence-electron chi connectivity index (χ4n) is 4.65. The molecule has 4 rings (SSSR count). The van der Waals surface area contributed by atoms with Gasteiger partial charge in [0.1, 0.15) is 23.2 Å². The average Bonchev–Trinajstić information content (AvgIpc) is 3.49. The van der Waals surface area contributed by atoms with Gasteiger partial charge >= 0.3 is 11.9 Å². The van der Waals surface area contributed by atoms with Crippen LogP contribution in [0.1, 0.15) is 46.3 Å². The number of sulfone groups is 1. The van der Waals surface area contributed by atoms with Crippen LogP contribution in [0.3, 0.4) is 0 Å². The molecule has 3 atom stereocenters. The van der Waals surface area contributed by atoms with Gasteiger partial charge in [-0.05, 0) is 68.5 Å². The van der Waals surface area contributed by atoms with Crippen molar-refractivity contribution in [2.45, 2.75) is 51.2 Å². The molecule has 0 unspecified atom stereocenters. The first-order valence-corrected chi connectivity index (χ1v) is 14.9. The van der Waals surface area contributed by atoms with Gasteiger partial charge < -0.3 is 14.2 Å². The highest BCUT2D eigenvalue weighted by molar-refractivity contribution is 7.96. The molecule has 0 bridgehead atoms. The van der Waals surface area contributed by atoms with Crippen molar-refractivity contribution in [3.05, 3.63) is 101 Å². The zero-order valence-electron chi connectivity index (χ0n) is 24.1. The van der Waals surface area contributed by atoms with E-state index in [0.29, 0.717) is 17.1 Å². The quantitative estimate of drug-likeness (QED) is 0.204. The van der Waals surface area contributed by atoms with Crippen LogP contribution in [0.15, 0.2) is 101 Å². The lowest BCUT2D eigenvalue weighted by molar-refractivity contribution is -0.150. The van der Waals surface area contributed by atoms with Crippen LogP contribution in [0, 0.1) is 28.6 Å². The van der Waals surface area contributed by atoms with E-state index >= 15 is 0 Å². The summed E-state index contributed by atoms with van der Waals surface area (Å²) in [4.78, 5) is 25.9. The van der Waals surface area contributed by atoms with E-state index in [4.69, 9.17) is 14.2 Å². The average molecular weight is 588 g/mol. The maximum absolute atomic E-state index is 13.5. The molecule has 1 fully saturated rings. The zero-order chi connectivity index (χ0) is 30.7. The molecular weight excluding hydrogens is 554 g/mol. The Hall–Kier alpha value is -4.42. The van der Waals surface area contributed by atoms with E-state index in [0.717, 1.165) is 0 Å². The molecule has 42 heavy (non-hydrogen) atoms. The lowest BCUT2D eigenvalue weighted by atomic mass is 10.1. The summed E-state index contributed by atoms with van der Waals surface area (Å²) in [5, 5.41) is 9.85. The van der Waals surface area contributed by atoms with Crippen LogP contribution in [-0.4, -0.2) is 26.0 Å². The molecule has 0 radical (unpaired) electrons. The summed E-state index contributed by atoms with van der Waals surface area (Å²) in [5.74, 6) is -2.05. The predicted molar refractivity (Wildman–Crippen MR) is 156 cm³/mol. The molecule has 0 saturated heterocycles. The molecule has 3 aromatic carbocycles. The second-order valence-corrected chi connectivity index (χ2v) is 13.5. The Morgan fingerprint density at radius 2 is 1.52 bits per heavy atom. The standard InChI is InChI=1S/C33H33NO7S/c1-32(2,3)41-30(35)28(42(37,38)25-17-10-7-11-18-25)20-26-29(33(26,4)5)31(36)40-27(21-34)22-13-12-16-24(19-22)39-23-14-8-6-9-15-23/h6-20,26-27,29H,1-5H3/b28-20+/t26-,27+,29-/m0/s1. The molecule has 0 N–H and O–H groups in total. The first-order chi connectivity index (χ1) is 19.7. The van der Waals surface area contributed by atoms with Crippen molar-refractivity contribution in [1.29, 1.82) is 5.26 Å². The summed E-state index contributed by atoms with van der Waals surface area (Å²) in [6, 6.07) is 25.4. The lowest BCUT2D eigenvalue weighted by Gasteiger charge is -2.20. The molecular formula is C33H33NO7S. The van der Waals surface area contributed by atoms with Crippen molar-refractivity contribution in [2.24, 2.45) is 17.3 Å². The number of para-hydroxylation sites is 1. The van der Waals surface area contributed by atoms with Crippen LogP contribution < -0.4 is 4.74 Å². The summed E-state index contributed by atoms with van der Waals surface area (Å²) < 4.78 is 44.0. The molecule has 0 heterocycles. The molecule has 1 aliphatic rings. The van der Waals surface area contributed by atoms with E-state index in [-0.39, 0.29) is 4.90 Å². The Morgan fingerprint density at radius 3 is 2.12 bits per heavy atom. The number of hydrogen-bond donors (Lipinski definition) is 0. The van der Waals surface area contributed by atoms with Gasteiger partial charge in [0.2, 0.25) is 15.9 Å². The van der Waals surface area contributed by atoms with Crippen molar-refractivity contribution in [1.82, 2.24) is 0 Å². The number of benzene rings is 3. The number of esters is 2. The number of carbonyl (C=O) groups excluding carboxylic acids is 2. The Morgan fingerprint density at radius 1 is 0.929 bits per heavy atom. The summed E-state index contributed by atoms with van der Waals surface area (Å²) >= 11 is 0. The number of nitrogens with zero attached hydrogens (tertiary/aromatic N) is 1. The third kappa shape index (κ3) is 6.89. The van der Waals surface area contributed by atoms with Gasteiger partial charge in [0.05, 0.1) is 10.8 Å². The molecule has 1 saturated carbocycles. The van der Waals surface area contributed by atoms with Crippen molar-refractivity contribution in [3.63, 3.8) is 0 Å². The maximum Gasteiger partial charge on any atom is 0.350 e. The van der Waals surface area contributed by atoms with E-state index in [1.807, 2.05) is 24.3 Å². The highest BCUT2D eigenvalue weighted by Gasteiger charge is 2.62.